The van der Waals surface area contributed by atoms with Gasteiger partial charge in [0.25, 0.3) is 0 Å². The van der Waals surface area contributed by atoms with Crippen LogP contribution in [0.5, 0.6) is 11.5 Å². The Hall–Kier alpha value is -3.94. The molecule has 1 saturated heterocycles. The molecule has 3 N–H and O–H groups in total. The number of ether oxygens (including phenoxy) is 1. The quantitative estimate of drug-likeness (QED) is 0.190. The summed E-state index contributed by atoms with van der Waals surface area (Å²) >= 11 is 6.17. The monoisotopic (exact) mass is 608 g/mol. The fraction of sp³-hybridized carbons (Fsp3) is 0.286. The van der Waals surface area contributed by atoms with Crippen molar-refractivity contribution in [2.75, 3.05) is 50.0 Å². The lowest BCUT2D eigenvalue weighted by atomic mass is 10.0. The molecule has 2 amide bonds. The van der Waals surface area contributed by atoms with Crippen LogP contribution in [-0.2, 0) is 12.7 Å². The predicted molar refractivity (Wildman–Crippen MR) is 149 cm³/mol. The highest BCUT2D eigenvalue weighted by atomic mass is 35.5. The molecular formula is C28H26ClF5N6O2. The molecule has 0 unspecified atom stereocenters. The minimum Gasteiger partial charge on any atom is -0.456 e. The maximum Gasteiger partial charge on any atom is 0.416 e. The molecule has 1 aliphatic rings. The number of halogens is 6. The number of nitrogens with zero attached hydrogens (tertiary/aromatic N) is 3. The molecule has 1 aliphatic heterocycles. The summed E-state index contributed by atoms with van der Waals surface area (Å²) < 4.78 is 74.8. The number of benzene rings is 2. The van der Waals surface area contributed by atoms with Gasteiger partial charge in [0, 0.05) is 63.4 Å². The summed E-state index contributed by atoms with van der Waals surface area (Å²) in [6, 6.07) is 7.89. The van der Waals surface area contributed by atoms with Crippen LogP contribution in [-0.4, -0.2) is 65.2 Å². The van der Waals surface area contributed by atoms with Gasteiger partial charge >= 0.3 is 12.2 Å². The lowest BCUT2D eigenvalue weighted by molar-refractivity contribution is -0.138. The molecule has 3 heterocycles. The number of pyridine rings is 1. The lowest BCUT2D eigenvalue weighted by Crippen LogP contribution is -2.46. The first kappa shape index (κ1) is 29.5. The number of aromatic amines is 1. The Bertz CT molecular complexity index is 1570. The van der Waals surface area contributed by atoms with Crippen LogP contribution < -0.4 is 15.4 Å². The number of rotatable bonds is 8. The molecule has 5 rings (SSSR count). The number of alkyl halides is 4. The molecule has 0 atom stereocenters. The molecule has 14 heteroatoms. The largest absolute Gasteiger partial charge is 0.456 e. The van der Waals surface area contributed by atoms with Gasteiger partial charge in [-0.1, -0.05) is 17.7 Å². The molecule has 2 aromatic heterocycles. The number of anilines is 2. The van der Waals surface area contributed by atoms with Crippen molar-refractivity contribution in [3.63, 3.8) is 0 Å². The van der Waals surface area contributed by atoms with Gasteiger partial charge < -0.3 is 20.4 Å². The molecule has 222 valence electrons. The van der Waals surface area contributed by atoms with E-state index in [4.69, 9.17) is 16.3 Å². The molecule has 0 aliphatic carbocycles. The van der Waals surface area contributed by atoms with Crippen molar-refractivity contribution < 1.29 is 31.5 Å². The molecular weight excluding hydrogens is 583 g/mol. The number of aromatic nitrogens is 2. The summed E-state index contributed by atoms with van der Waals surface area (Å²) in [4.78, 5) is 23.4. The highest BCUT2D eigenvalue weighted by Gasteiger charge is 2.34. The molecule has 0 bridgehead atoms. The standard InChI is InChI=1S/C28H26ClF5N6O2/c29-21-15-36-26-25(21)24(5-7-35-26)42-19-3-4-23(22(31)14-19)38-27(41)37-18-2-1-17(20(13-18)28(32,33)34)16-40-11-9-39(8-6-30)10-12-40/h1-5,7,13-15H,6,8-12,16H2,(H,35,36)(H2,37,38,41). The maximum absolute atomic E-state index is 14.8. The van der Waals surface area contributed by atoms with Gasteiger partial charge in [0.05, 0.1) is 21.7 Å². The van der Waals surface area contributed by atoms with E-state index in [0.29, 0.717) is 54.5 Å². The minimum atomic E-state index is -4.66. The van der Waals surface area contributed by atoms with Crippen molar-refractivity contribution in [1.29, 1.82) is 0 Å². The maximum atomic E-state index is 14.8. The molecule has 0 spiro atoms. The molecule has 0 saturated carbocycles. The number of nitrogens with one attached hydrogen (secondary N) is 3. The van der Waals surface area contributed by atoms with Crippen LogP contribution >= 0.6 is 11.6 Å². The molecule has 2 aromatic carbocycles. The smallest absolute Gasteiger partial charge is 0.416 e. The average Bonchev–Trinajstić information content (AvgIpc) is 3.33. The number of piperazine rings is 1. The third kappa shape index (κ3) is 6.92. The third-order valence-electron chi connectivity index (χ3n) is 6.84. The summed E-state index contributed by atoms with van der Waals surface area (Å²) in [6.45, 7) is 2.08. The number of amides is 2. The second-order valence-electron chi connectivity index (χ2n) is 9.67. The van der Waals surface area contributed by atoms with Crippen LogP contribution in [0, 0.1) is 5.82 Å². The Morgan fingerprint density at radius 3 is 2.52 bits per heavy atom. The minimum absolute atomic E-state index is 0.0569. The Morgan fingerprint density at radius 1 is 1.05 bits per heavy atom. The van der Waals surface area contributed by atoms with Crippen molar-refractivity contribution in [2.24, 2.45) is 0 Å². The second kappa shape index (κ2) is 12.5. The van der Waals surface area contributed by atoms with Gasteiger partial charge in [-0.05, 0) is 35.9 Å². The SMILES string of the molecule is O=C(Nc1ccc(CN2CCN(CCF)CC2)c(C(F)(F)F)c1)Nc1ccc(Oc2ccnc3[nH]cc(Cl)c23)cc1F. The number of carbonyl (C=O) groups is 1. The zero-order chi connectivity index (χ0) is 29.9. The van der Waals surface area contributed by atoms with E-state index in [1.807, 2.05) is 9.80 Å². The van der Waals surface area contributed by atoms with Crippen molar-refractivity contribution in [2.45, 2.75) is 12.7 Å². The van der Waals surface area contributed by atoms with Crippen LogP contribution in [0.4, 0.5) is 38.1 Å². The van der Waals surface area contributed by atoms with E-state index < -0.39 is 30.3 Å². The molecule has 4 aromatic rings. The van der Waals surface area contributed by atoms with Gasteiger partial charge in [0.2, 0.25) is 0 Å². The predicted octanol–water partition coefficient (Wildman–Crippen LogP) is 6.90. The van der Waals surface area contributed by atoms with E-state index in [2.05, 4.69) is 20.6 Å². The fourth-order valence-corrected chi connectivity index (χ4v) is 4.97. The highest BCUT2D eigenvalue weighted by Crippen LogP contribution is 2.36. The zero-order valence-electron chi connectivity index (χ0n) is 22.1. The van der Waals surface area contributed by atoms with Crippen LogP contribution in [0.15, 0.2) is 54.9 Å². The van der Waals surface area contributed by atoms with Gasteiger partial charge in [-0.2, -0.15) is 13.2 Å². The van der Waals surface area contributed by atoms with Gasteiger partial charge in [0.1, 0.15) is 29.6 Å². The second-order valence-corrected chi connectivity index (χ2v) is 10.1. The number of hydrogen-bond donors (Lipinski definition) is 3. The van der Waals surface area contributed by atoms with E-state index in [0.717, 1.165) is 12.1 Å². The van der Waals surface area contributed by atoms with E-state index >= 15 is 0 Å². The van der Waals surface area contributed by atoms with E-state index in [-0.39, 0.29) is 29.2 Å². The molecule has 1 fully saturated rings. The van der Waals surface area contributed by atoms with Crippen molar-refractivity contribution in [1.82, 2.24) is 19.8 Å². The van der Waals surface area contributed by atoms with Crippen LogP contribution in [0.3, 0.4) is 0 Å². The van der Waals surface area contributed by atoms with Crippen LogP contribution in [0.2, 0.25) is 5.02 Å². The van der Waals surface area contributed by atoms with Gasteiger partial charge in [-0.15, -0.1) is 0 Å². The first-order chi connectivity index (χ1) is 20.1. The first-order valence-corrected chi connectivity index (χ1v) is 13.4. The number of hydrogen-bond acceptors (Lipinski definition) is 5. The topological polar surface area (TPSA) is 85.5 Å². The Morgan fingerprint density at radius 2 is 1.81 bits per heavy atom. The average molecular weight is 609 g/mol. The van der Waals surface area contributed by atoms with E-state index in [9.17, 15) is 26.7 Å². The Balaban J connectivity index is 1.23. The number of fused-ring (bicyclic) bond motifs is 1. The number of urea groups is 1. The number of H-pyrrole nitrogens is 1. The summed E-state index contributed by atoms with van der Waals surface area (Å²) in [5, 5.41) is 5.52. The van der Waals surface area contributed by atoms with Crippen molar-refractivity contribution in [3.05, 3.63) is 76.8 Å². The molecule has 8 nitrogen and oxygen atoms in total. The normalized spacial score (nSPS) is 14.7. The first-order valence-electron chi connectivity index (χ1n) is 13.0. The third-order valence-corrected chi connectivity index (χ3v) is 7.13. The van der Waals surface area contributed by atoms with Crippen molar-refractivity contribution in [3.8, 4) is 11.5 Å². The fourth-order valence-electron chi connectivity index (χ4n) is 4.73. The van der Waals surface area contributed by atoms with Gasteiger partial charge in [-0.25, -0.2) is 18.6 Å². The van der Waals surface area contributed by atoms with E-state index in [1.165, 1.54) is 30.5 Å². The number of carbonyl (C=O) groups excluding carboxylic acids is 1. The lowest BCUT2D eigenvalue weighted by Gasteiger charge is -2.34. The van der Waals surface area contributed by atoms with E-state index in [1.54, 1.807) is 12.3 Å². The molecule has 42 heavy (non-hydrogen) atoms. The summed E-state index contributed by atoms with van der Waals surface area (Å²) in [6.07, 6.45) is -1.62. The molecule has 0 radical (unpaired) electrons. The summed E-state index contributed by atoms with van der Waals surface area (Å²) in [5.74, 6) is -0.365. The van der Waals surface area contributed by atoms with Gasteiger partial charge in [-0.3, -0.25) is 9.80 Å². The summed E-state index contributed by atoms with van der Waals surface area (Å²) in [5.41, 5.74) is -0.656. The van der Waals surface area contributed by atoms with Crippen LogP contribution in [0.1, 0.15) is 11.1 Å². The van der Waals surface area contributed by atoms with Crippen LogP contribution in [0.25, 0.3) is 11.0 Å². The van der Waals surface area contributed by atoms with Gasteiger partial charge in [0.15, 0.2) is 0 Å². The Labute approximate surface area is 242 Å². The zero-order valence-corrected chi connectivity index (χ0v) is 22.8. The highest BCUT2D eigenvalue weighted by molar-refractivity contribution is 6.36. The Kier molecular flexibility index (Phi) is 8.80. The van der Waals surface area contributed by atoms with Crippen molar-refractivity contribution >= 4 is 40.0 Å². The summed E-state index contributed by atoms with van der Waals surface area (Å²) in [7, 11) is 0.